The first kappa shape index (κ1) is 15.0. The van der Waals surface area contributed by atoms with E-state index in [4.69, 9.17) is 16.3 Å². The van der Waals surface area contributed by atoms with Crippen molar-refractivity contribution in [3.63, 3.8) is 0 Å². The van der Waals surface area contributed by atoms with E-state index in [0.717, 1.165) is 0 Å². The molecule has 0 amide bonds. The number of phenols is 2. The Balaban J connectivity index is 2.25. The van der Waals surface area contributed by atoms with Crippen molar-refractivity contribution in [2.75, 3.05) is 12.4 Å². The molecule has 0 fully saturated rings. The number of phenolic OH excluding ortho intramolecular Hbond substituents is 2. The van der Waals surface area contributed by atoms with Crippen LogP contribution in [-0.4, -0.2) is 23.3 Å². The fourth-order valence-electron chi connectivity index (χ4n) is 1.86. The lowest BCUT2D eigenvalue weighted by Crippen LogP contribution is -2.08. The Bertz CT molecular complexity index is 673. The summed E-state index contributed by atoms with van der Waals surface area (Å²) in [5.41, 5.74) is 1.31. The van der Waals surface area contributed by atoms with Crippen molar-refractivity contribution >= 4 is 23.3 Å². The van der Waals surface area contributed by atoms with Crippen LogP contribution in [0.1, 0.15) is 15.9 Å². The standard InChI is InChI=1S/C15H14ClNO4/c1-21-15(20)11-6-5-10(16)7-12(11)17-8-9-3-2-4-13(18)14(9)19/h2-7,17-19H,8H2,1H3. The molecule has 0 spiro atoms. The zero-order valence-corrected chi connectivity index (χ0v) is 12.0. The highest BCUT2D eigenvalue weighted by molar-refractivity contribution is 6.31. The molecule has 0 unspecified atom stereocenters. The number of carbonyl (C=O) groups excluding carboxylic acids is 1. The van der Waals surface area contributed by atoms with Crippen LogP contribution in [-0.2, 0) is 11.3 Å². The van der Waals surface area contributed by atoms with Gasteiger partial charge in [0.25, 0.3) is 0 Å². The van der Waals surface area contributed by atoms with Gasteiger partial charge in [-0.05, 0) is 24.3 Å². The van der Waals surface area contributed by atoms with E-state index in [1.165, 1.54) is 13.2 Å². The van der Waals surface area contributed by atoms with Crippen LogP contribution in [0.25, 0.3) is 0 Å². The average Bonchev–Trinajstić information content (AvgIpc) is 2.48. The second-order valence-electron chi connectivity index (χ2n) is 4.32. The smallest absolute Gasteiger partial charge is 0.339 e. The molecule has 0 bridgehead atoms. The molecule has 0 radical (unpaired) electrons. The third kappa shape index (κ3) is 3.38. The van der Waals surface area contributed by atoms with Crippen LogP contribution >= 0.6 is 11.6 Å². The number of aromatic hydroxyl groups is 2. The van der Waals surface area contributed by atoms with Crippen molar-refractivity contribution in [3.05, 3.63) is 52.5 Å². The Morgan fingerprint density at radius 3 is 2.76 bits per heavy atom. The van der Waals surface area contributed by atoms with Crippen LogP contribution in [0, 0.1) is 0 Å². The molecule has 0 aliphatic carbocycles. The van der Waals surface area contributed by atoms with E-state index in [2.05, 4.69) is 5.32 Å². The van der Waals surface area contributed by atoms with Gasteiger partial charge in [-0.1, -0.05) is 23.7 Å². The maximum absolute atomic E-state index is 11.7. The number of esters is 1. The summed E-state index contributed by atoms with van der Waals surface area (Å²) in [6.07, 6.45) is 0. The Morgan fingerprint density at radius 2 is 2.05 bits per heavy atom. The van der Waals surface area contributed by atoms with Crippen molar-refractivity contribution < 1.29 is 19.7 Å². The van der Waals surface area contributed by atoms with E-state index in [1.54, 1.807) is 30.3 Å². The summed E-state index contributed by atoms with van der Waals surface area (Å²) in [5, 5.41) is 22.7. The first-order chi connectivity index (χ1) is 10.0. The summed E-state index contributed by atoms with van der Waals surface area (Å²) < 4.78 is 4.70. The van der Waals surface area contributed by atoms with Crippen LogP contribution < -0.4 is 5.32 Å². The second-order valence-corrected chi connectivity index (χ2v) is 4.76. The van der Waals surface area contributed by atoms with Crippen molar-refractivity contribution in [1.82, 2.24) is 0 Å². The predicted octanol–water partition coefficient (Wildman–Crippen LogP) is 3.15. The minimum atomic E-state index is -0.491. The molecule has 6 heteroatoms. The molecule has 0 aromatic heterocycles. The number of carbonyl (C=O) groups is 1. The summed E-state index contributed by atoms with van der Waals surface area (Å²) >= 11 is 5.92. The lowest BCUT2D eigenvalue weighted by atomic mass is 10.1. The van der Waals surface area contributed by atoms with E-state index in [1.807, 2.05) is 0 Å². The predicted molar refractivity (Wildman–Crippen MR) is 79.9 cm³/mol. The molecule has 2 aromatic rings. The van der Waals surface area contributed by atoms with Crippen LogP contribution in [0.4, 0.5) is 5.69 Å². The van der Waals surface area contributed by atoms with Gasteiger partial charge in [0.1, 0.15) is 0 Å². The topological polar surface area (TPSA) is 78.8 Å². The van der Waals surface area contributed by atoms with Crippen molar-refractivity contribution in [2.24, 2.45) is 0 Å². The first-order valence-corrected chi connectivity index (χ1v) is 6.52. The number of anilines is 1. The zero-order chi connectivity index (χ0) is 15.4. The number of benzene rings is 2. The largest absolute Gasteiger partial charge is 0.504 e. The SMILES string of the molecule is COC(=O)c1ccc(Cl)cc1NCc1cccc(O)c1O. The monoisotopic (exact) mass is 307 g/mol. The normalized spacial score (nSPS) is 10.2. The minimum Gasteiger partial charge on any atom is -0.504 e. The van der Waals surface area contributed by atoms with Gasteiger partial charge < -0.3 is 20.3 Å². The molecule has 5 nitrogen and oxygen atoms in total. The summed E-state index contributed by atoms with van der Waals surface area (Å²) in [5.74, 6) is -0.894. The summed E-state index contributed by atoms with van der Waals surface area (Å²) in [4.78, 5) is 11.7. The van der Waals surface area contributed by atoms with Gasteiger partial charge in [-0.2, -0.15) is 0 Å². The number of ether oxygens (including phenoxy) is 1. The summed E-state index contributed by atoms with van der Waals surface area (Å²) in [6.45, 7) is 0.213. The second kappa shape index (κ2) is 6.37. The molecule has 2 rings (SSSR count). The number of rotatable bonds is 4. The van der Waals surface area contributed by atoms with Gasteiger partial charge in [-0.15, -0.1) is 0 Å². The van der Waals surface area contributed by atoms with Gasteiger partial charge in [0.2, 0.25) is 0 Å². The minimum absolute atomic E-state index is 0.200. The third-order valence-corrected chi connectivity index (χ3v) is 3.19. The molecule has 0 saturated heterocycles. The summed E-state index contributed by atoms with van der Waals surface area (Å²) in [7, 11) is 1.29. The lowest BCUT2D eigenvalue weighted by Gasteiger charge is -2.12. The average molecular weight is 308 g/mol. The Hall–Kier alpha value is -2.40. The fraction of sp³-hybridized carbons (Fsp3) is 0.133. The zero-order valence-electron chi connectivity index (χ0n) is 11.3. The van der Waals surface area contributed by atoms with E-state index in [-0.39, 0.29) is 18.0 Å². The van der Waals surface area contributed by atoms with Gasteiger partial charge in [0.15, 0.2) is 11.5 Å². The third-order valence-electron chi connectivity index (χ3n) is 2.95. The molecular formula is C15H14ClNO4. The number of halogens is 1. The molecule has 0 aliphatic heterocycles. The molecule has 0 atom stereocenters. The molecule has 0 aliphatic rings. The molecule has 3 N–H and O–H groups in total. The Morgan fingerprint density at radius 1 is 1.29 bits per heavy atom. The van der Waals surface area contributed by atoms with Gasteiger partial charge in [-0.3, -0.25) is 0 Å². The van der Waals surface area contributed by atoms with Crippen molar-refractivity contribution in [3.8, 4) is 11.5 Å². The van der Waals surface area contributed by atoms with E-state index in [0.29, 0.717) is 21.8 Å². The molecule has 110 valence electrons. The molecule has 0 saturated carbocycles. The maximum Gasteiger partial charge on any atom is 0.339 e. The number of methoxy groups -OCH3 is 1. The Kier molecular flexibility index (Phi) is 4.55. The molecule has 2 aromatic carbocycles. The first-order valence-electron chi connectivity index (χ1n) is 6.14. The molecule has 0 heterocycles. The fourth-order valence-corrected chi connectivity index (χ4v) is 2.03. The van der Waals surface area contributed by atoms with E-state index in [9.17, 15) is 15.0 Å². The highest BCUT2D eigenvalue weighted by Crippen LogP contribution is 2.29. The highest BCUT2D eigenvalue weighted by Gasteiger charge is 2.13. The van der Waals surface area contributed by atoms with Crippen LogP contribution in [0.15, 0.2) is 36.4 Å². The van der Waals surface area contributed by atoms with Gasteiger partial charge >= 0.3 is 5.97 Å². The van der Waals surface area contributed by atoms with Crippen molar-refractivity contribution in [1.29, 1.82) is 0 Å². The number of hydrogen-bond donors (Lipinski definition) is 3. The maximum atomic E-state index is 11.7. The summed E-state index contributed by atoms with van der Waals surface area (Å²) in [6, 6.07) is 9.39. The number of hydrogen-bond acceptors (Lipinski definition) is 5. The van der Waals surface area contributed by atoms with Crippen LogP contribution in [0.2, 0.25) is 5.02 Å². The van der Waals surface area contributed by atoms with Crippen LogP contribution in [0.3, 0.4) is 0 Å². The van der Waals surface area contributed by atoms with E-state index >= 15 is 0 Å². The van der Waals surface area contributed by atoms with Gasteiger partial charge in [0.05, 0.1) is 18.4 Å². The number of nitrogens with one attached hydrogen (secondary N) is 1. The van der Waals surface area contributed by atoms with Crippen molar-refractivity contribution in [2.45, 2.75) is 6.54 Å². The molecule has 21 heavy (non-hydrogen) atoms. The Labute approximate surface area is 126 Å². The number of para-hydroxylation sites is 1. The highest BCUT2D eigenvalue weighted by atomic mass is 35.5. The lowest BCUT2D eigenvalue weighted by molar-refractivity contribution is 0.0602. The van der Waals surface area contributed by atoms with Crippen LogP contribution in [0.5, 0.6) is 11.5 Å². The molecular weight excluding hydrogens is 294 g/mol. The van der Waals surface area contributed by atoms with Gasteiger partial charge in [0, 0.05) is 17.1 Å². The van der Waals surface area contributed by atoms with Gasteiger partial charge in [-0.25, -0.2) is 4.79 Å². The quantitative estimate of drug-likeness (QED) is 0.597. The van der Waals surface area contributed by atoms with E-state index < -0.39 is 5.97 Å².